The molecule has 1 N–H and O–H groups in total. The Morgan fingerprint density at radius 3 is 2.25 bits per heavy atom. The van der Waals surface area contributed by atoms with E-state index in [4.69, 9.17) is 0 Å². The van der Waals surface area contributed by atoms with E-state index in [0.717, 1.165) is 96.0 Å². The number of rotatable bonds is 4. The highest BCUT2D eigenvalue weighted by Crippen LogP contribution is 2.54. The Kier molecular flexibility index (Phi) is 7.18. The molecule has 7 rings (SSSR count). The van der Waals surface area contributed by atoms with Crippen LogP contribution in [0, 0.1) is 15.5 Å². The molecule has 1 aliphatic carbocycles. The van der Waals surface area contributed by atoms with E-state index in [9.17, 15) is 14.9 Å². The number of benzene rings is 3. The molecule has 0 unspecified atom stereocenters. The van der Waals surface area contributed by atoms with Gasteiger partial charge in [0.1, 0.15) is 5.69 Å². The Hall–Kier alpha value is -3.87. The van der Waals surface area contributed by atoms with Crippen molar-refractivity contribution in [3.8, 4) is 0 Å². The van der Waals surface area contributed by atoms with Crippen LogP contribution in [0.1, 0.15) is 96.2 Å². The average Bonchev–Trinajstić information content (AvgIpc) is 2.99. The van der Waals surface area contributed by atoms with Crippen LogP contribution in [0.5, 0.6) is 0 Å². The number of nitrogens with zero attached hydrogens (tertiary/aromatic N) is 3. The molecule has 7 nitrogen and oxygen atoms in total. The molecule has 0 spiro atoms. The van der Waals surface area contributed by atoms with Gasteiger partial charge in [-0.05, 0) is 92.7 Å². The molecule has 0 radical (unpaired) electrons. The maximum absolute atomic E-state index is 14.2. The molecular formula is C37H44N4O3. The third-order valence-corrected chi connectivity index (χ3v) is 10.6. The number of piperidine rings is 2. The molecule has 3 aromatic rings. The van der Waals surface area contributed by atoms with Crippen molar-refractivity contribution in [2.45, 2.75) is 97.2 Å². The highest BCUT2D eigenvalue weighted by molar-refractivity contribution is 6.13. The van der Waals surface area contributed by atoms with E-state index in [2.05, 4.69) is 85.3 Å². The molecule has 0 amide bonds. The standard InChI is InChI=1S/C37H44N4O3/c1-23-11-7-9-17-39(23)30-20-31(40-18-10-8-12-24(40)2)32(41(43)44)19-27(30)36-35-28(21-37(3,4)22-33(35)42)34-26-14-6-5-13-25(26)15-16-29(34)38-36/h5-6,13-16,19-20,23-24,36,38H,7-12,17-18,21-22H2,1-4H3/t23-,24-,36-/m1/s1. The summed E-state index contributed by atoms with van der Waals surface area (Å²) in [4.78, 5) is 31.5. The maximum atomic E-state index is 14.2. The van der Waals surface area contributed by atoms with E-state index >= 15 is 0 Å². The zero-order valence-electron chi connectivity index (χ0n) is 26.5. The number of carbonyl (C=O) groups excluding carboxylic acids is 1. The lowest BCUT2D eigenvalue weighted by atomic mass is 9.67. The lowest BCUT2D eigenvalue weighted by molar-refractivity contribution is -0.384. The van der Waals surface area contributed by atoms with E-state index in [1.165, 1.54) is 6.42 Å². The van der Waals surface area contributed by atoms with Crippen LogP contribution < -0.4 is 15.1 Å². The van der Waals surface area contributed by atoms with E-state index in [1.807, 2.05) is 6.07 Å². The maximum Gasteiger partial charge on any atom is 0.293 e. The highest BCUT2D eigenvalue weighted by atomic mass is 16.6. The van der Waals surface area contributed by atoms with Gasteiger partial charge in [0.25, 0.3) is 5.69 Å². The second-order valence-electron chi connectivity index (χ2n) is 14.4. The van der Waals surface area contributed by atoms with Gasteiger partial charge in [0.15, 0.2) is 5.78 Å². The van der Waals surface area contributed by atoms with Gasteiger partial charge in [-0.25, -0.2) is 0 Å². The van der Waals surface area contributed by atoms with Gasteiger partial charge in [-0.15, -0.1) is 0 Å². The summed E-state index contributed by atoms with van der Waals surface area (Å²) in [6.45, 7) is 10.5. The van der Waals surface area contributed by atoms with Crippen LogP contribution in [-0.2, 0) is 4.79 Å². The van der Waals surface area contributed by atoms with E-state index in [-0.39, 0.29) is 27.9 Å². The molecule has 7 heteroatoms. The second-order valence-corrected chi connectivity index (χ2v) is 14.4. The second kappa shape index (κ2) is 10.9. The van der Waals surface area contributed by atoms with Crippen molar-refractivity contribution in [2.24, 2.45) is 5.41 Å². The van der Waals surface area contributed by atoms with Gasteiger partial charge < -0.3 is 15.1 Å². The molecule has 230 valence electrons. The number of allylic oxidation sites excluding steroid dienone is 1. The van der Waals surface area contributed by atoms with Crippen LogP contribution in [0.3, 0.4) is 0 Å². The quantitative estimate of drug-likeness (QED) is 0.241. The lowest BCUT2D eigenvalue weighted by Crippen LogP contribution is -2.41. The minimum absolute atomic E-state index is 0.138. The number of hydrogen-bond acceptors (Lipinski definition) is 6. The van der Waals surface area contributed by atoms with Gasteiger partial charge in [0.05, 0.1) is 11.0 Å². The van der Waals surface area contributed by atoms with Crippen LogP contribution >= 0.6 is 0 Å². The first kappa shape index (κ1) is 28.9. The predicted molar refractivity (Wildman–Crippen MR) is 180 cm³/mol. The van der Waals surface area contributed by atoms with Crippen molar-refractivity contribution in [3.05, 3.63) is 75.3 Å². The highest BCUT2D eigenvalue weighted by Gasteiger charge is 2.43. The molecule has 3 aliphatic heterocycles. The topological polar surface area (TPSA) is 78.7 Å². The van der Waals surface area contributed by atoms with Crippen LogP contribution in [0.25, 0.3) is 16.3 Å². The predicted octanol–water partition coefficient (Wildman–Crippen LogP) is 8.82. The summed E-state index contributed by atoms with van der Waals surface area (Å²) in [5.41, 5.74) is 6.54. The Morgan fingerprint density at radius 1 is 0.886 bits per heavy atom. The Morgan fingerprint density at radius 2 is 1.57 bits per heavy atom. The Balaban J connectivity index is 1.49. The smallest absolute Gasteiger partial charge is 0.293 e. The van der Waals surface area contributed by atoms with Crippen molar-refractivity contribution in [1.29, 1.82) is 0 Å². The van der Waals surface area contributed by atoms with Gasteiger partial charge in [-0.3, -0.25) is 14.9 Å². The SMILES string of the molecule is C[C@@H]1CCCCN1c1cc(N2CCCC[C@H]2C)c([N+](=O)[O-])cc1[C@H]1Nc2ccc3ccccc3c2C2=C1C(=O)CC(C)(C)C2. The molecule has 0 saturated carbocycles. The van der Waals surface area contributed by atoms with Crippen LogP contribution in [-0.4, -0.2) is 35.9 Å². The van der Waals surface area contributed by atoms with Crippen LogP contribution in [0.2, 0.25) is 0 Å². The fraction of sp³-hybridized carbons (Fsp3) is 0.486. The average molecular weight is 593 g/mol. The summed E-state index contributed by atoms with van der Waals surface area (Å²) in [5, 5.41) is 18.9. The van der Waals surface area contributed by atoms with Crippen molar-refractivity contribution < 1.29 is 9.72 Å². The molecule has 3 aromatic carbocycles. The van der Waals surface area contributed by atoms with Gasteiger partial charge in [-0.2, -0.15) is 0 Å². The largest absolute Gasteiger partial charge is 0.373 e. The third-order valence-electron chi connectivity index (χ3n) is 10.6. The van der Waals surface area contributed by atoms with E-state index < -0.39 is 6.04 Å². The Labute approximate surface area is 260 Å². The molecule has 0 aromatic heterocycles. The molecular weight excluding hydrogens is 548 g/mol. The molecule has 3 heterocycles. The van der Waals surface area contributed by atoms with Crippen LogP contribution in [0.4, 0.5) is 22.7 Å². The number of carbonyl (C=O) groups is 1. The monoisotopic (exact) mass is 592 g/mol. The first-order valence-corrected chi connectivity index (χ1v) is 16.5. The summed E-state index contributed by atoms with van der Waals surface area (Å²) < 4.78 is 0. The van der Waals surface area contributed by atoms with Crippen molar-refractivity contribution >= 4 is 44.9 Å². The summed E-state index contributed by atoms with van der Waals surface area (Å²) in [5.74, 6) is 0.140. The molecule has 2 saturated heterocycles. The van der Waals surface area contributed by atoms with Gasteiger partial charge in [0.2, 0.25) is 0 Å². The number of Topliss-reactive ketones (excluding diaryl/α,β-unsaturated/α-hetero) is 1. The first-order valence-electron chi connectivity index (χ1n) is 16.5. The number of ketones is 1. The van der Waals surface area contributed by atoms with Gasteiger partial charge >= 0.3 is 0 Å². The van der Waals surface area contributed by atoms with E-state index in [1.54, 1.807) is 0 Å². The number of nitrogens with one attached hydrogen (secondary N) is 1. The van der Waals surface area contributed by atoms with Gasteiger partial charge in [0, 0.05) is 65.7 Å². The van der Waals surface area contributed by atoms with E-state index in [0.29, 0.717) is 18.2 Å². The number of fused-ring (bicyclic) bond motifs is 4. The van der Waals surface area contributed by atoms with Gasteiger partial charge in [-0.1, -0.05) is 44.2 Å². The summed E-state index contributed by atoms with van der Waals surface area (Å²) in [7, 11) is 0. The summed E-state index contributed by atoms with van der Waals surface area (Å²) in [6.07, 6.45) is 7.82. The Bertz CT molecular complexity index is 1690. The first-order chi connectivity index (χ1) is 21.1. The van der Waals surface area contributed by atoms with Crippen molar-refractivity contribution in [3.63, 3.8) is 0 Å². The molecule has 2 fully saturated rings. The lowest BCUT2D eigenvalue weighted by Gasteiger charge is -2.43. The molecule has 44 heavy (non-hydrogen) atoms. The zero-order valence-corrected chi connectivity index (χ0v) is 26.5. The summed E-state index contributed by atoms with van der Waals surface area (Å²) in [6, 6.07) is 16.6. The fourth-order valence-electron chi connectivity index (χ4n) is 8.42. The normalized spacial score (nSPS) is 25.0. The zero-order chi connectivity index (χ0) is 30.7. The number of nitro benzene ring substituents is 1. The number of nitro groups is 1. The molecule has 4 aliphatic rings. The van der Waals surface area contributed by atoms with Crippen LogP contribution in [0.15, 0.2) is 54.1 Å². The number of hydrogen-bond donors (Lipinski definition) is 1. The number of anilines is 3. The fourth-order valence-corrected chi connectivity index (χ4v) is 8.42. The third kappa shape index (κ3) is 4.85. The molecule has 0 bridgehead atoms. The van der Waals surface area contributed by atoms with Crippen molar-refractivity contribution in [1.82, 2.24) is 0 Å². The molecule has 3 atom stereocenters. The summed E-state index contributed by atoms with van der Waals surface area (Å²) >= 11 is 0. The minimum Gasteiger partial charge on any atom is -0.373 e. The van der Waals surface area contributed by atoms with Crippen molar-refractivity contribution in [2.75, 3.05) is 28.2 Å². The minimum atomic E-state index is -0.460.